The maximum Gasteiger partial charge on any atom is 0.252 e. The van der Waals surface area contributed by atoms with E-state index in [1.54, 1.807) is 18.3 Å². The zero-order chi connectivity index (χ0) is 17.5. The topological polar surface area (TPSA) is 71.5 Å². The highest BCUT2D eigenvalue weighted by Gasteiger charge is 2.16. The lowest BCUT2D eigenvalue weighted by Crippen LogP contribution is -2.30. The molecule has 0 aliphatic carbocycles. The van der Waals surface area contributed by atoms with Crippen molar-refractivity contribution in [3.63, 3.8) is 0 Å². The summed E-state index contributed by atoms with van der Waals surface area (Å²) in [5.74, 6) is -0.203. The third kappa shape index (κ3) is 4.21. The number of carbonyl (C=O) groups is 1. The van der Waals surface area contributed by atoms with Crippen LogP contribution in [0.1, 0.15) is 22.0 Å². The Morgan fingerprint density at radius 1 is 1.12 bits per heavy atom. The van der Waals surface area contributed by atoms with Gasteiger partial charge in [0.25, 0.3) is 5.91 Å². The fourth-order valence-corrected chi connectivity index (χ4v) is 2.77. The lowest BCUT2D eigenvalue weighted by molar-refractivity contribution is 0.0284. The Bertz CT molecular complexity index is 831. The molecule has 1 unspecified atom stereocenters. The highest BCUT2D eigenvalue weighted by molar-refractivity contribution is 5.94. The van der Waals surface area contributed by atoms with Crippen molar-refractivity contribution in [3.05, 3.63) is 78.1 Å². The van der Waals surface area contributed by atoms with Gasteiger partial charge in [0.15, 0.2) is 0 Å². The second kappa shape index (κ2) is 8.37. The number of hydrogen-bond donors (Lipinski definition) is 2. The molecule has 3 rings (SSSR count). The number of nitrogens with one attached hydrogen (secondary N) is 1. The van der Waals surface area contributed by atoms with E-state index in [1.165, 1.54) is 6.20 Å². The van der Waals surface area contributed by atoms with Crippen molar-refractivity contribution in [1.29, 1.82) is 0 Å². The van der Waals surface area contributed by atoms with Crippen LogP contribution in [0.15, 0.2) is 67.0 Å². The number of aliphatic hydroxyl groups excluding tert-OH is 1. The molecule has 5 heteroatoms. The van der Waals surface area contributed by atoms with Gasteiger partial charge in [0.2, 0.25) is 0 Å². The fourth-order valence-electron chi connectivity index (χ4n) is 2.77. The number of carbonyl (C=O) groups excluding carboxylic acids is 1. The second-order valence-electron chi connectivity index (χ2n) is 5.60. The van der Waals surface area contributed by atoms with E-state index in [2.05, 4.69) is 10.3 Å². The van der Waals surface area contributed by atoms with Crippen LogP contribution in [0.2, 0.25) is 0 Å². The molecule has 0 saturated heterocycles. The van der Waals surface area contributed by atoms with Crippen LogP contribution >= 0.6 is 0 Å². The van der Waals surface area contributed by atoms with Crippen molar-refractivity contribution in [3.8, 4) is 0 Å². The van der Waals surface area contributed by atoms with E-state index < -0.39 is 0 Å². The molecule has 2 aromatic carbocycles. The van der Waals surface area contributed by atoms with Gasteiger partial charge in [-0.05, 0) is 28.5 Å². The number of benzene rings is 2. The zero-order valence-electron chi connectivity index (χ0n) is 13.8. The van der Waals surface area contributed by atoms with Crippen molar-refractivity contribution in [2.75, 3.05) is 19.8 Å². The molecule has 128 valence electrons. The number of fused-ring (bicyclic) bond motifs is 1. The van der Waals surface area contributed by atoms with Gasteiger partial charge in [-0.1, -0.05) is 42.5 Å². The summed E-state index contributed by atoms with van der Waals surface area (Å²) in [4.78, 5) is 16.2. The Balaban J connectivity index is 1.81. The molecule has 1 amide bonds. The summed E-state index contributed by atoms with van der Waals surface area (Å²) in [5.41, 5.74) is 1.49. The van der Waals surface area contributed by atoms with Crippen molar-refractivity contribution in [2.24, 2.45) is 0 Å². The quantitative estimate of drug-likeness (QED) is 0.696. The Labute approximate surface area is 146 Å². The van der Waals surface area contributed by atoms with Gasteiger partial charge in [-0.15, -0.1) is 0 Å². The van der Waals surface area contributed by atoms with Crippen molar-refractivity contribution in [1.82, 2.24) is 10.3 Å². The van der Waals surface area contributed by atoms with E-state index in [-0.39, 0.29) is 25.2 Å². The third-order valence-corrected chi connectivity index (χ3v) is 3.95. The number of amides is 1. The first-order chi connectivity index (χ1) is 12.3. The number of hydrogen-bond acceptors (Lipinski definition) is 4. The summed E-state index contributed by atoms with van der Waals surface area (Å²) in [7, 11) is 0. The number of ether oxygens (including phenoxy) is 1. The molecule has 0 fully saturated rings. The molecule has 0 saturated carbocycles. The predicted octanol–water partition coefficient (Wildman–Crippen LogP) is 2.71. The summed E-state index contributed by atoms with van der Waals surface area (Å²) in [6.07, 6.45) is 2.80. The lowest BCUT2D eigenvalue weighted by atomic mass is 10.00. The molecule has 1 atom stereocenters. The standard InChI is InChI=1S/C20H20N2O3/c23-11-12-25-19(14-22-20(24)16-7-4-10-21-13-16)18-9-3-6-15-5-1-2-8-17(15)18/h1-10,13,19,23H,11-12,14H2,(H,22,24). The van der Waals surface area contributed by atoms with Crippen molar-refractivity contribution in [2.45, 2.75) is 6.10 Å². The van der Waals surface area contributed by atoms with Crippen LogP contribution in [0.5, 0.6) is 0 Å². The Kier molecular flexibility index (Phi) is 5.72. The smallest absolute Gasteiger partial charge is 0.252 e. The molecule has 1 aromatic heterocycles. The van der Waals surface area contributed by atoms with Crippen molar-refractivity contribution < 1.29 is 14.6 Å². The highest BCUT2D eigenvalue weighted by atomic mass is 16.5. The Morgan fingerprint density at radius 2 is 1.96 bits per heavy atom. The summed E-state index contributed by atoms with van der Waals surface area (Å²) in [5, 5.41) is 14.2. The van der Waals surface area contributed by atoms with Gasteiger partial charge in [-0.2, -0.15) is 0 Å². The van der Waals surface area contributed by atoms with E-state index in [1.807, 2.05) is 42.5 Å². The van der Waals surface area contributed by atoms with Gasteiger partial charge < -0.3 is 15.2 Å². The average molecular weight is 336 g/mol. The summed E-state index contributed by atoms with van der Waals surface area (Å²) < 4.78 is 5.79. The van der Waals surface area contributed by atoms with Crippen LogP contribution < -0.4 is 5.32 Å². The van der Waals surface area contributed by atoms with Crippen LogP contribution in [0.4, 0.5) is 0 Å². The van der Waals surface area contributed by atoms with Gasteiger partial charge in [-0.3, -0.25) is 9.78 Å². The molecule has 0 aliphatic heterocycles. The fraction of sp³-hybridized carbons (Fsp3) is 0.200. The molecular formula is C20H20N2O3. The molecule has 2 N–H and O–H groups in total. The molecule has 0 aliphatic rings. The Hall–Kier alpha value is -2.76. The van der Waals surface area contributed by atoms with Crippen LogP contribution in [0.3, 0.4) is 0 Å². The maximum atomic E-state index is 12.3. The average Bonchev–Trinajstić information content (AvgIpc) is 2.68. The van der Waals surface area contributed by atoms with Crippen LogP contribution in [0, 0.1) is 0 Å². The van der Waals surface area contributed by atoms with E-state index in [9.17, 15) is 4.79 Å². The van der Waals surface area contributed by atoms with E-state index in [0.29, 0.717) is 12.1 Å². The number of aromatic nitrogens is 1. The molecule has 0 spiro atoms. The van der Waals surface area contributed by atoms with Gasteiger partial charge in [0, 0.05) is 18.9 Å². The Morgan fingerprint density at radius 3 is 2.76 bits per heavy atom. The number of pyridine rings is 1. The van der Waals surface area contributed by atoms with Crippen LogP contribution in [-0.2, 0) is 4.74 Å². The van der Waals surface area contributed by atoms with Crippen molar-refractivity contribution >= 4 is 16.7 Å². The number of nitrogens with zero attached hydrogens (tertiary/aromatic N) is 1. The number of rotatable bonds is 7. The first kappa shape index (κ1) is 17.1. The zero-order valence-corrected chi connectivity index (χ0v) is 13.8. The minimum atomic E-state index is -0.348. The third-order valence-electron chi connectivity index (χ3n) is 3.95. The first-order valence-corrected chi connectivity index (χ1v) is 8.18. The van der Waals surface area contributed by atoms with Gasteiger partial charge in [-0.25, -0.2) is 0 Å². The highest BCUT2D eigenvalue weighted by Crippen LogP contribution is 2.26. The minimum absolute atomic E-state index is 0.0716. The first-order valence-electron chi connectivity index (χ1n) is 8.18. The summed E-state index contributed by atoms with van der Waals surface area (Å²) in [6.45, 7) is 0.441. The molecular weight excluding hydrogens is 316 g/mol. The lowest BCUT2D eigenvalue weighted by Gasteiger charge is -2.20. The normalized spacial score (nSPS) is 12.0. The molecule has 5 nitrogen and oxygen atoms in total. The molecule has 0 bridgehead atoms. The summed E-state index contributed by atoms with van der Waals surface area (Å²) in [6, 6.07) is 17.5. The van der Waals surface area contributed by atoms with Gasteiger partial charge >= 0.3 is 0 Å². The minimum Gasteiger partial charge on any atom is -0.394 e. The van der Waals surface area contributed by atoms with E-state index in [0.717, 1.165) is 16.3 Å². The maximum absolute atomic E-state index is 12.3. The molecule has 25 heavy (non-hydrogen) atoms. The molecule has 1 heterocycles. The number of aliphatic hydroxyl groups is 1. The SMILES string of the molecule is O=C(NCC(OCCO)c1cccc2ccccc12)c1cccnc1. The van der Waals surface area contributed by atoms with Crippen LogP contribution in [0.25, 0.3) is 10.8 Å². The van der Waals surface area contributed by atoms with Crippen LogP contribution in [-0.4, -0.2) is 35.8 Å². The van der Waals surface area contributed by atoms with Gasteiger partial charge in [0.1, 0.15) is 6.10 Å². The molecule has 3 aromatic rings. The second-order valence-corrected chi connectivity index (χ2v) is 5.60. The molecule has 0 radical (unpaired) electrons. The monoisotopic (exact) mass is 336 g/mol. The van der Waals surface area contributed by atoms with E-state index >= 15 is 0 Å². The predicted molar refractivity (Wildman–Crippen MR) is 96.3 cm³/mol. The summed E-state index contributed by atoms with van der Waals surface area (Å²) >= 11 is 0. The van der Waals surface area contributed by atoms with Gasteiger partial charge in [0.05, 0.1) is 18.8 Å². The largest absolute Gasteiger partial charge is 0.394 e. The van der Waals surface area contributed by atoms with E-state index in [4.69, 9.17) is 9.84 Å².